The van der Waals surface area contributed by atoms with Crippen molar-refractivity contribution in [3.63, 3.8) is 0 Å². The first kappa shape index (κ1) is 16.6. The number of ether oxygens (including phenoxy) is 1. The van der Waals surface area contributed by atoms with Crippen LogP contribution in [0.5, 0.6) is 5.75 Å². The molecule has 7 heteroatoms. The van der Waals surface area contributed by atoms with Crippen LogP contribution < -0.4 is 16.2 Å². The molecule has 0 aliphatic heterocycles. The first-order valence-corrected chi connectivity index (χ1v) is 6.30. The lowest BCUT2D eigenvalue weighted by Gasteiger charge is -2.18. The third-order valence-corrected chi connectivity index (χ3v) is 2.78. The fourth-order valence-electron chi connectivity index (χ4n) is 1.93. The second kappa shape index (κ2) is 7.39. The van der Waals surface area contributed by atoms with Crippen molar-refractivity contribution in [3.05, 3.63) is 29.3 Å². The van der Waals surface area contributed by atoms with Crippen LogP contribution in [0.4, 0.5) is 0 Å². The van der Waals surface area contributed by atoms with Crippen molar-refractivity contribution in [1.29, 1.82) is 0 Å². The van der Waals surface area contributed by atoms with E-state index in [1.807, 2.05) is 6.92 Å². The number of hydrogen-bond acceptors (Lipinski definition) is 5. The van der Waals surface area contributed by atoms with Gasteiger partial charge in [-0.3, -0.25) is 19.3 Å². The van der Waals surface area contributed by atoms with Crippen LogP contribution in [0.2, 0.25) is 0 Å². The molecule has 0 spiro atoms. The first-order valence-electron chi connectivity index (χ1n) is 6.30. The number of benzene rings is 1. The molecule has 0 radical (unpaired) electrons. The van der Waals surface area contributed by atoms with E-state index in [1.54, 1.807) is 18.2 Å². The van der Waals surface area contributed by atoms with E-state index in [2.05, 4.69) is 0 Å². The monoisotopic (exact) mass is 293 g/mol. The largest absolute Gasteiger partial charge is 0.496 e. The molecule has 7 nitrogen and oxygen atoms in total. The van der Waals surface area contributed by atoms with E-state index in [9.17, 15) is 14.4 Å². The van der Waals surface area contributed by atoms with Gasteiger partial charge in [0.25, 0.3) is 0 Å². The smallest absolute Gasteiger partial charge is 0.231 e. The highest BCUT2D eigenvalue weighted by Gasteiger charge is 2.19. The number of nitrogens with two attached hydrogens (primary N) is 2. The Morgan fingerprint density at radius 3 is 2.14 bits per heavy atom. The number of ketones is 1. The second-order valence-electron chi connectivity index (χ2n) is 4.70. The molecule has 1 aromatic rings. The summed E-state index contributed by atoms with van der Waals surface area (Å²) in [7, 11) is 1.47. The molecule has 0 heterocycles. The van der Waals surface area contributed by atoms with Gasteiger partial charge in [0.15, 0.2) is 5.78 Å². The lowest BCUT2D eigenvalue weighted by atomic mass is 10.1. The molecule has 0 saturated heterocycles. The maximum absolute atomic E-state index is 12.3. The maximum Gasteiger partial charge on any atom is 0.231 e. The average Bonchev–Trinajstić information content (AvgIpc) is 2.36. The van der Waals surface area contributed by atoms with Gasteiger partial charge in [-0.15, -0.1) is 0 Å². The van der Waals surface area contributed by atoms with Crippen LogP contribution in [0.25, 0.3) is 0 Å². The number of Topliss-reactive ketones (excluding diaryl/α,β-unsaturated/α-hetero) is 1. The van der Waals surface area contributed by atoms with Crippen LogP contribution in [0.15, 0.2) is 18.2 Å². The van der Waals surface area contributed by atoms with Gasteiger partial charge in [0, 0.05) is 0 Å². The van der Waals surface area contributed by atoms with Gasteiger partial charge in [0.1, 0.15) is 5.75 Å². The van der Waals surface area contributed by atoms with Gasteiger partial charge < -0.3 is 16.2 Å². The minimum atomic E-state index is -0.639. The highest BCUT2D eigenvalue weighted by Crippen LogP contribution is 2.20. The summed E-state index contributed by atoms with van der Waals surface area (Å²) in [6, 6.07) is 5.16. The van der Waals surface area contributed by atoms with Gasteiger partial charge in [0.2, 0.25) is 11.8 Å². The number of nitrogens with zero attached hydrogens (tertiary/aromatic N) is 1. The Hall–Kier alpha value is -2.41. The van der Waals surface area contributed by atoms with Crippen molar-refractivity contribution in [2.45, 2.75) is 6.92 Å². The number of carbonyl (C=O) groups is 3. The zero-order valence-electron chi connectivity index (χ0n) is 12.1. The summed E-state index contributed by atoms with van der Waals surface area (Å²) in [4.78, 5) is 35.5. The molecule has 0 unspecified atom stereocenters. The summed E-state index contributed by atoms with van der Waals surface area (Å²) in [5.74, 6) is -1.12. The molecule has 0 saturated carbocycles. The summed E-state index contributed by atoms with van der Waals surface area (Å²) >= 11 is 0. The highest BCUT2D eigenvalue weighted by atomic mass is 16.5. The average molecular weight is 293 g/mol. The van der Waals surface area contributed by atoms with Crippen molar-refractivity contribution < 1.29 is 19.1 Å². The van der Waals surface area contributed by atoms with E-state index in [0.717, 1.165) is 5.56 Å². The summed E-state index contributed by atoms with van der Waals surface area (Å²) in [5, 5.41) is 0. The Morgan fingerprint density at radius 2 is 1.67 bits per heavy atom. The molecule has 0 aliphatic carbocycles. The lowest BCUT2D eigenvalue weighted by Crippen LogP contribution is -2.42. The fraction of sp³-hybridized carbons (Fsp3) is 0.357. The second-order valence-corrected chi connectivity index (χ2v) is 4.70. The zero-order chi connectivity index (χ0) is 16.0. The van der Waals surface area contributed by atoms with Crippen molar-refractivity contribution in [2.24, 2.45) is 11.5 Å². The minimum Gasteiger partial charge on any atom is -0.496 e. The molecular formula is C14H19N3O4. The predicted octanol–water partition coefficient (Wildman–Crippen LogP) is -0.541. The topological polar surface area (TPSA) is 116 Å². The van der Waals surface area contributed by atoms with Crippen LogP contribution in [-0.4, -0.2) is 49.2 Å². The van der Waals surface area contributed by atoms with Gasteiger partial charge >= 0.3 is 0 Å². The van der Waals surface area contributed by atoms with Crippen molar-refractivity contribution in [1.82, 2.24) is 4.90 Å². The number of methoxy groups -OCH3 is 1. The number of primary amides is 2. The molecular weight excluding hydrogens is 274 g/mol. The van der Waals surface area contributed by atoms with E-state index in [4.69, 9.17) is 16.2 Å². The molecule has 1 aromatic carbocycles. The van der Waals surface area contributed by atoms with E-state index < -0.39 is 11.8 Å². The molecule has 4 N–H and O–H groups in total. The molecule has 114 valence electrons. The lowest BCUT2D eigenvalue weighted by molar-refractivity contribution is -0.121. The third kappa shape index (κ3) is 5.23. The van der Waals surface area contributed by atoms with E-state index in [-0.39, 0.29) is 25.4 Å². The quantitative estimate of drug-likeness (QED) is 0.624. The fourth-order valence-corrected chi connectivity index (χ4v) is 1.93. The van der Waals surface area contributed by atoms with Crippen LogP contribution in [-0.2, 0) is 9.59 Å². The van der Waals surface area contributed by atoms with E-state index >= 15 is 0 Å². The minimum absolute atomic E-state index is 0.148. The van der Waals surface area contributed by atoms with Gasteiger partial charge in [-0.1, -0.05) is 6.07 Å². The molecule has 0 aromatic heterocycles. The first-order chi connectivity index (χ1) is 9.83. The Balaban J connectivity index is 2.90. The molecule has 0 atom stereocenters. The number of rotatable bonds is 8. The summed E-state index contributed by atoms with van der Waals surface area (Å²) in [5.41, 5.74) is 11.5. The zero-order valence-corrected chi connectivity index (χ0v) is 12.1. The number of amides is 2. The standard InChI is InChI=1S/C14H19N3O4/c1-9-3-4-10(12(5-9)21-2)11(18)6-17(7-13(15)19)8-14(16)20/h3-5H,6-8H2,1-2H3,(H2,15,19)(H2,16,20). The van der Waals surface area contributed by atoms with Gasteiger partial charge in [-0.05, 0) is 24.6 Å². The van der Waals surface area contributed by atoms with Crippen molar-refractivity contribution in [2.75, 3.05) is 26.7 Å². The number of aryl methyl sites for hydroxylation is 1. The normalized spacial score (nSPS) is 10.4. The summed E-state index contributed by atoms with van der Waals surface area (Å²) in [6.07, 6.45) is 0. The SMILES string of the molecule is COc1cc(C)ccc1C(=O)CN(CC(N)=O)CC(N)=O. The van der Waals surface area contributed by atoms with E-state index in [0.29, 0.717) is 11.3 Å². The van der Waals surface area contributed by atoms with Crippen molar-refractivity contribution in [3.8, 4) is 5.75 Å². The molecule has 2 amide bonds. The molecule has 0 bridgehead atoms. The number of carbonyl (C=O) groups excluding carboxylic acids is 3. The molecule has 0 aliphatic rings. The maximum atomic E-state index is 12.3. The summed E-state index contributed by atoms with van der Waals surface area (Å²) in [6.45, 7) is 1.29. The van der Waals surface area contributed by atoms with E-state index in [1.165, 1.54) is 12.0 Å². The predicted molar refractivity (Wildman–Crippen MR) is 76.9 cm³/mol. The van der Waals surface area contributed by atoms with Crippen LogP contribution in [0, 0.1) is 6.92 Å². The Morgan fingerprint density at radius 1 is 1.10 bits per heavy atom. The van der Waals surface area contributed by atoms with Gasteiger partial charge in [-0.25, -0.2) is 0 Å². The van der Waals surface area contributed by atoms with Crippen molar-refractivity contribution >= 4 is 17.6 Å². The Kier molecular flexibility index (Phi) is 5.86. The highest BCUT2D eigenvalue weighted by molar-refractivity contribution is 6.00. The number of hydrogen-bond donors (Lipinski definition) is 2. The molecule has 21 heavy (non-hydrogen) atoms. The van der Waals surface area contributed by atoms with Gasteiger partial charge in [0.05, 0.1) is 32.3 Å². The van der Waals surface area contributed by atoms with Crippen LogP contribution in [0.1, 0.15) is 15.9 Å². The summed E-state index contributed by atoms with van der Waals surface area (Å²) < 4.78 is 5.17. The Labute approximate surface area is 122 Å². The van der Waals surface area contributed by atoms with Crippen LogP contribution in [0.3, 0.4) is 0 Å². The van der Waals surface area contributed by atoms with Gasteiger partial charge in [-0.2, -0.15) is 0 Å². The molecule has 0 fully saturated rings. The Bertz CT molecular complexity index is 541. The molecule has 1 rings (SSSR count). The third-order valence-electron chi connectivity index (χ3n) is 2.78. The van der Waals surface area contributed by atoms with Crippen LogP contribution >= 0.6 is 0 Å².